The van der Waals surface area contributed by atoms with Crippen molar-refractivity contribution in [2.45, 2.75) is 0 Å². The summed E-state index contributed by atoms with van der Waals surface area (Å²) in [5, 5.41) is 4.24. The molecule has 2 rings (SSSR count). The number of carbonyl (C=O) groups is 1. The van der Waals surface area contributed by atoms with Crippen molar-refractivity contribution in [3.63, 3.8) is 0 Å². The standard InChI is InChI=1S/C13H14ClN3O/c1-15-11-7-9(13(18)17(2)3)8-5-4-6-10(14)12(8)16-11/h4-7H,1-3H3,(H,15,16). The molecule has 5 heteroatoms. The van der Waals surface area contributed by atoms with E-state index in [1.165, 1.54) is 4.90 Å². The molecule has 0 fully saturated rings. The van der Waals surface area contributed by atoms with E-state index in [0.29, 0.717) is 21.9 Å². The third-order valence-corrected chi connectivity index (χ3v) is 2.99. The first kappa shape index (κ1) is 12.6. The zero-order valence-corrected chi connectivity index (χ0v) is 11.2. The molecule has 1 amide bonds. The van der Waals surface area contributed by atoms with Crippen molar-refractivity contribution in [2.75, 3.05) is 26.5 Å². The van der Waals surface area contributed by atoms with Crippen LogP contribution in [0.3, 0.4) is 0 Å². The van der Waals surface area contributed by atoms with Crippen molar-refractivity contribution in [1.29, 1.82) is 0 Å². The Morgan fingerprint density at radius 1 is 1.39 bits per heavy atom. The second kappa shape index (κ2) is 4.82. The molecule has 1 N–H and O–H groups in total. The van der Waals surface area contributed by atoms with E-state index >= 15 is 0 Å². The van der Waals surface area contributed by atoms with Crippen LogP contribution in [0.5, 0.6) is 0 Å². The van der Waals surface area contributed by atoms with Gasteiger partial charge in [0.2, 0.25) is 0 Å². The first-order valence-electron chi connectivity index (χ1n) is 5.53. The van der Waals surface area contributed by atoms with E-state index in [1.807, 2.05) is 12.1 Å². The second-order valence-corrected chi connectivity index (χ2v) is 4.55. The maximum atomic E-state index is 12.2. The van der Waals surface area contributed by atoms with Gasteiger partial charge in [0.15, 0.2) is 0 Å². The molecule has 0 aliphatic rings. The molecule has 0 unspecified atom stereocenters. The topological polar surface area (TPSA) is 45.2 Å². The van der Waals surface area contributed by atoms with Crippen LogP contribution in [-0.2, 0) is 0 Å². The minimum absolute atomic E-state index is 0.0684. The number of rotatable bonds is 2. The van der Waals surface area contributed by atoms with Crippen LogP contribution in [0.25, 0.3) is 10.9 Å². The molecule has 0 atom stereocenters. The van der Waals surface area contributed by atoms with Crippen LogP contribution >= 0.6 is 11.6 Å². The van der Waals surface area contributed by atoms with Gasteiger partial charge in [-0.15, -0.1) is 0 Å². The van der Waals surface area contributed by atoms with Crippen molar-refractivity contribution in [1.82, 2.24) is 9.88 Å². The molecule has 4 nitrogen and oxygen atoms in total. The van der Waals surface area contributed by atoms with Crippen molar-refractivity contribution in [3.8, 4) is 0 Å². The number of nitrogens with zero attached hydrogens (tertiary/aromatic N) is 2. The maximum Gasteiger partial charge on any atom is 0.254 e. The highest BCUT2D eigenvalue weighted by atomic mass is 35.5. The van der Waals surface area contributed by atoms with E-state index in [2.05, 4.69) is 10.3 Å². The molecule has 18 heavy (non-hydrogen) atoms. The summed E-state index contributed by atoms with van der Waals surface area (Å²) in [6.45, 7) is 0. The van der Waals surface area contributed by atoms with Gasteiger partial charge in [-0.3, -0.25) is 4.79 Å². The zero-order valence-electron chi connectivity index (χ0n) is 10.5. The van der Waals surface area contributed by atoms with Crippen LogP contribution in [0.2, 0.25) is 5.02 Å². The van der Waals surface area contributed by atoms with Gasteiger partial charge in [-0.1, -0.05) is 23.7 Å². The summed E-state index contributed by atoms with van der Waals surface area (Å²) in [4.78, 5) is 18.1. The van der Waals surface area contributed by atoms with Crippen LogP contribution in [0.4, 0.5) is 5.82 Å². The largest absolute Gasteiger partial charge is 0.373 e. The van der Waals surface area contributed by atoms with Gasteiger partial charge in [0.25, 0.3) is 5.91 Å². The fourth-order valence-electron chi connectivity index (χ4n) is 1.76. The Hall–Kier alpha value is -1.81. The second-order valence-electron chi connectivity index (χ2n) is 4.14. The lowest BCUT2D eigenvalue weighted by atomic mass is 10.1. The summed E-state index contributed by atoms with van der Waals surface area (Å²) in [5.74, 6) is 0.557. The van der Waals surface area contributed by atoms with Crippen molar-refractivity contribution < 1.29 is 4.79 Å². The van der Waals surface area contributed by atoms with Gasteiger partial charge in [0, 0.05) is 26.5 Å². The minimum Gasteiger partial charge on any atom is -0.373 e. The van der Waals surface area contributed by atoms with Gasteiger partial charge >= 0.3 is 0 Å². The van der Waals surface area contributed by atoms with Crippen LogP contribution < -0.4 is 5.32 Å². The summed E-state index contributed by atoms with van der Waals surface area (Å²) in [7, 11) is 5.20. The lowest BCUT2D eigenvalue weighted by Gasteiger charge is -2.14. The van der Waals surface area contributed by atoms with Crippen molar-refractivity contribution in [2.24, 2.45) is 0 Å². The van der Waals surface area contributed by atoms with Gasteiger partial charge in [-0.25, -0.2) is 4.98 Å². The number of hydrogen-bond donors (Lipinski definition) is 1. The van der Waals surface area contributed by atoms with Gasteiger partial charge in [0.05, 0.1) is 16.1 Å². The molecule has 1 aromatic carbocycles. The summed E-state index contributed by atoms with van der Waals surface area (Å²) >= 11 is 6.13. The number of para-hydroxylation sites is 1. The Morgan fingerprint density at radius 2 is 2.11 bits per heavy atom. The lowest BCUT2D eigenvalue weighted by molar-refractivity contribution is 0.0829. The Bertz CT molecular complexity index is 610. The Morgan fingerprint density at radius 3 is 2.72 bits per heavy atom. The van der Waals surface area contributed by atoms with Crippen molar-refractivity contribution >= 4 is 34.2 Å². The third-order valence-electron chi connectivity index (χ3n) is 2.68. The zero-order chi connectivity index (χ0) is 13.3. The first-order chi connectivity index (χ1) is 8.54. The molecule has 0 spiro atoms. The summed E-state index contributed by atoms with van der Waals surface area (Å²) in [5.41, 5.74) is 1.23. The number of amides is 1. The molecule has 0 aliphatic carbocycles. The Balaban J connectivity index is 2.78. The molecule has 2 aromatic rings. The molecule has 1 heterocycles. The molecule has 0 bridgehead atoms. The lowest BCUT2D eigenvalue weighted by Crippen LogP contribution is -2.22. The van der Waals surface area contributed by atoms with E-state index in [-0.39, 0.29) is 5.91 Å². The number of carbonyl (C=O) groups excluding carboxylic acids is 1. The number of pyridine rings is 1. The van der Waals surface area contributed by atoms with Crippen LogP contribution in [0, 0.1) is 0 Å². The number of fused-ring (bicyclic) bond motifs is 1. The highest BCUT2D eigenvalue weighted by Crippen LogP contribution is 2.27. The van der Waals surface area contributed by atoms with Crippen LogP contribution in [0.15, 0.2) is 24.3 Å². The predicted octanol–water partition coefficient (Wildman–Crippen LogP) is 2.63. The van der Waals surface area contributed by atoms with E-state index in [4.69, 9.17) is 11.6 Å². The normalized spacial score (nSPS) is 10.4. The number of nitrogens with one attached hydrogen (secondary N) is 1. The Kier molecular flexibility index (Phi) is 3.39. The smallest absolute Gasteiger partial charge is 0.254 e. The molecule has 94 valence electrons. The van der Waals surface area contributed by atoms with E-state index < -0.39 is 0 Å². The molecule has 0 aliphatic heterocycles. The van der Waals surface area contributed by atoms with Gasteiger partial charge in [-0.05, 0) is 12.1 Å². The molecular weight excluding hydrogens is 250 g/mol. The third kappa shape index (κ3) is 2.11. The number of anilines is 1. The highest BCUT2D eigenvalue weighted by Gasteiger charge is 2.15. The van der Waals surface area contributed by atoms with Crippen molar-refractivity contribution in [3.05, 3.63) is 34.9 Å². The summed E-state index contributed by atoms with van der Waals surface area (Å²) in [6.07, 6.45) is 0. The first-order valence-corrected chi connectivity index (χ1v) is 5.91. The molecule has 1 aromatic heterocycles. The minimum atomic E-state index is -0.0684. The number of benzene rings is 1. The fraction of sp³-hybridized carbons (Fsp3) is 0.231. The molecule has 0 saturated carbocycles. The quantitative estimate of drug-likeness (QED) is 0.906. The number of hydrogen-bond acceptors (Lipinski definition) is 3. The SMILES string of the molecule is CNc1cc(C(=O)N(C)C)c2cccc(Cl)c2n1. The van der Waals surface area contributed by atoms with E-state index in [1.54, 1.807) is 33.3 Å². The average molecular weight is 264 g/mol. The monoisotopic (exact) mass is 263 g/mol. The molecule has 0 radical (unpaired) electrons. The highest BCUT2D eigenvalue weighted by molar-refractivity contribution is 6.35. The van der Waals surface area contributed by atoms with Gasteiger partial charge in [0.1, 0.15) is 5.82 Å². The summed E-state index contributed by atoms with van der Waals surface area (Å²) < 4.78 is 0. The van der Waals surface area contributed by atoms with E-state index in [9.17, 15) is 4.79 Å². The number of aromatic nitrogens is 1. The molecule has 0 saturated heterocycles. The Labute approximate surface area is 111 Å². The maximum absolute atomic E-state index is 12.2. The van der Waals surface area contributed by atoms with Gasteiger partial charge in [-0.2, -0.15) is 0 Å². The molecular formula is C13H14ClN3O. The average Bonchev–Trinajstić information content (AvgIpc) is 2.37. The van der Waals surface area contributed by atoms with Gasteiger partial charge < -0.3 is 10.2 Å². The van der Waals surface area contributed by atoms with E-state index in [0.717, 1.165) is 5.39 Å². The summed E-state index contributed by atoms with van der Waals surface area (Å²) in [6, 6.07) is 7.17. The predicted molar refractivity (Wildman–Crippen MR) is 74.3 cm³/mol. The van der Waals surface area contributed by atoms with Crippen LogP contribution in [-0.4, -0.2) is 36.9 Å². The van der Waals surface area contributed by atoms with Crippen LogP contribution in [0.1, 0.15) is 10.4 Å². The fourth-order valence-corrected chi connectivity index (χ4v) is 1.98. The number of halogens is 1.